The molecule has 0 saturated heterocycles. The highest BCUT2D eigenvalue weighted by molar-refractivity contribution is 7.17. The third-order valence-corrected chi connectivity index (χ3v) is 5.30. The van der Waals surface area contributed by atoms with Gasteiger partial charge in [-0.2, -0.15) is 0 Å². The van der Waals surface area contributed by atoms with E-state index in [9.17, 15) is 19.7 Å². The first-order chi connectivity index (χ1) is 12.5. The number of nitrogens with two attached hydrogens (primary N) is 1. The van der Waals surface area contributed by atoms with Crippen LogP contribution in [0.2, 0.25) is 0 Å². The van der Waals surface area contributed by atoms with Gasteiger partial charge in [-0.15, -0.1) is 11.3 Å². The molecule has 0 spiro atoms. The number of nitrogens with zero attached hydrogens (tertiary/aromatic N) is 1. The van der Waals surface area contributed by atoms with Gasteiger partial charge in [-0.05, 0) is 37.3 Å². The molecule has 0 saturated carbocycles. The van der Waals surface area contributed by atoms with Crippen molar-refractivity contribution in [3.05, 3.63) is 50.4 Å². The first-order valence-electron chi connectivity index (χ1n) is 8.07. The highest BCUT2D eigenvalue weighted by atomic mass is 32.1. The summed E-state index contributed by atoms with van der Waals surface area (Å²) < 4.78 is 5.27. The van der Waals surface area contributed by atoms with E-state index in [1.165, 1.54) is 29.5 Å². The van der Waals surface area contributed by atoms with E-state index in [1.807, 2.05) is 0 Å². The quantitative estimate of drug-likeness (QED) is 0.593. The first-order valence-corrected chi connectivity index (χ1v) is 8.89. The maximum absolute atomic E-state index is 12.2. The van der Waals surface area contributed by atoms with E-state index in [0.717, 1.165) is 36.1 Å². The van der Waals surface area contributed by atoms with Gasteiger partial charge in [-0.25, -0.2) is 0 Å². The summed E-state index contributed by atoms with van der Waals surface area (Å²) in [4.78, 5) is 35.5. The molecule has 2 amide bonds. The van der Waals surface area contributed by atoms with Crippen LogP contribution >= 0.6 is 11.3 Å². The van der Waals surface area contributed by atoms with E-state index >= 15 is 0 Å². The van der Waals surface area contributed by atoms with Gasteiger partial charge < -0.3 is 15.8 Å². The van der Waals surface area contributed by atoms with Crippen LogP contribution in [0.3, 0.4) is 0 Å². The summed E-state index contributed by atoms with van der Waals surface area (Å²) in [7, 11) is 0. The van der Waals surface area contributed by atoms with Crippen molar-refractivity contribution in [3.8, 4) is 5.75 Å². The molecule has 9 heteroatoms. The van der Waals surface area contributed by atoms with E-state index < -0.39 is 23.3 Å². The number of anilines is 1. The molecule has 1 aromatic heterocycles. The largest absolute Gasteiger partial charge is 0.477 e. The molecule has 1 aliphatic rings. The summed E-state index contributed by atoms with van der Waals surface area (Å²) in [6.45, 7) is -0.411. The van der Waals surface area contributed by atoms with Gasteiger partial charge in [0.15, 0.2) is 12.4 Å². The van der Waals surface area contributed by atoms with E-state index in [-0.39, 0.29) is 11.4 Å². The van der Waals surface area contributed by atoms with Crippen LogP contribution in [0.5, 0.6) is 5.75 Å². The number of amides is 2. The fourth-order valence-electron chi connectivity index (χ4n) is 2.95. The highest BCUT2D eigenvalue weighted by Crippen LogP contribution is 2.37. The molecule has 1 aromatic carbocycles. The Hall–Kier alpha value is -2.94. The number of benzene rings is 1. The van der Waals surface area contributed by atoms with E-state index in [0.29, 0.717) is 10.6 Å². The number of nitro benzene ring substituents is 1. The predicted octanol–water partition coefficient (Wildman–Crippen LogP) is 2.65. The Morgan fingerprint density at radius 1 is 1.27 bits per heavy atom. The van der Waals surface area contributed by atoms with Crippen LogP contribution in [-0.2, 0) is 17.6 Å². The zero-order chi connectivity index (χ0) is 18.7. The van der Waals surface area contributed by atoms with Crippen LogP contribution in [0, 0.1) is 10.1 Å². The Labute approximate surface area is 153 Å². The number of hydrogen-bond donors (Lipinski definition) is 2. The third kappa shape index (κ3) is 3.67. The summed E-state index contributed by atoms with van der Waals surface area (Å²) in [5.74, 6) is -1.07. The second kappa shape index (κ2) is 7.52. The average molecular weight is 375 g/mol. The van der Waals surface area contributed by atoms with Crippen molar-refractivity contribution in [2.24, 2.45) is 5.73 Å². The number of carbonyl (C=O) groups is 2. The normalized spacial score (nSPS) is 12.9. The number of aryl methyl sites for hydroxylation is 1. The SMILES string of the molecule is NC(=O)c1c(NC(=O)COc2ccccc2[N+](=O)[O-])sc2c1CCCC2. The zero-order valence-corrected chi connectivity index (χ0v) is 14.6. The molecular weight excluding hydrogens is 358 g/mol. The fourth-order valence-corrected chi connectivity index (χ4v) is 4.26. The Morgan fingerprint density at radius 3 is 2.73 bits per heavy atom. The van der Waals surface area contributed by atoms with Crippen LogP contribution in [0.15, 0.2) is 24.3 Å². The summed E-state index contributed by atoms with van der Waals surface area (Å²) in [5.41, 5.74) is 6.55. The standard InChI is InChI=1S/C17H17N3O5S/c18-16(22)15-10-5-1-4-8-13(10)26-17(15)19-14(21)9-25-12-7-3-2-6-11(12)20(23)24/h2-3,6-7H,1,4-5,8-9H2,(H2,18,22)(H,19,21). The number of hydrogen-bond acceptors (Lipinski definition) is 6. The lowest BCUT2D eigenvalue weighted by Gasteiger charge is -2.11. The van der Waals surface area contributed by atoms with Crippen molar-refractivity contribution in [1.29, 1.82) is 0 Å². The number of thiophene rings is 1. The summed E-state index contributed by atoms with van der Waals surface area (Å²) >= 11 is 1.35. The topological polar surface area (TPSA) is 125 Å². The fraction of sp³-hybridized carbons (Fsp3) is 0.294. The van der Waals surface area contributed by atoms with Crippen LogP contribution in [0.1, 0.15) is 33.6 Å². The molecular formula is C17H17N3O5S. The van der Waals surface area contributed by atoms with Crippen molar-refractivity contribution in [2.75, 3.05) is 11.9 Å². The molecule has 3 N–H and O–H groups in total. The Morgan fingerprint density at radius 2 is 2.00 bits per heavy atom. The average Bonchev–Trinajstić information content (AvgIpc) is 2.98. The number of nitro groups is 1. The molecule has 0 radical (unpaired) electrons. The van der Waals surface area contributed by atoms with Crippen LogP contribution in [0.4, 0.5) is 10.7 Å². The number of rotatable bonds is 6. The summed E-state index contributed by atoms with van der Waals surface area (Å²) in [5, 5.41) is 14.0. The van der Waals surface area contributed by atoms with Crippen molar-refractivity contribution in [1.82, 2.24) is 0 Å². The molecule has 0 fully saturated rings. The second-order valence-electron chi connectivity index (χ2n) is 5.84. The molecule has 8 nitrogen and oxygen atoms in total. The second-order valence-corrected chi connectivity index (χ2v) is 6.95. The number of primary amides is 1. The molecule has 136 valence electrons. The molecule has 0 bridgehead atoms. The smallest absolute Gasteiger partial charge is 0.310 e. The summed E-state index contributed by atoms with van der Waals surface area (Å²) in [6.07, 6.45) is 3.66. The Kier molecular flexibility index (Phi) is 5.17. The van der Waals surface area contributed by atoms with Gasteiger partial charge in [0.2, 0.25) is 0 Å². The van der Waals surface area contributed by atoms with E-state index in [1.54, 1.807) is 6.07 Å². The first kappa shape index (κ1) is 17.9. The van der Waals surface area contributed by atoms with Crippen molar-refractivity contribution in [2.45, 2.75) is 25.7 Å². The van der Waals surface area contributed by atoms with Crippen LogP contribution < -0.4 is 15.8 Å². The monoisotopic (exact) mass is 375 g/mol. The maximum atomic E-state index is 12.2. The minimum Gasteiger partial charge on any atom is -0.477 e. The number of fused-ring (bicyclic) bond motifs is 1. The maximum Gasteiger partial charge on any atom is 0.310 e. The van der Waals surface area contributed by atoms with Crippen LogP contribution in [-0.4, -0.2) is 23.3 Å². The molecule has 0 unspecified atom stereocenters. The molecule has 2 aromatic rings. The van der Waals surface area contributed by atoms with E-state index in [2.05, 4.69) is 5.32 Å². The zero-order valence-electron chi connectivity index (χ0n) is 13.8. The Bertz CT molecular complexity index is 877. The molecule has 0 aliphatic heterocycles. The number of para-hydroxylation sites is 2. The molecule has 1 aliphatic carbocycles. The lowest BCUT2D eigenvalue weighted by Crippen LogP contribution is -2.22. The molecule has 3 rings (SSSR count). The van der Waals surface area contributed by atoms with Crippen molar-refractivity contribution < 1.29 is 19.2 Å². The van der Waals surface area contributed by atoms with Gasteiger partial charge in [0, 0.05) is 10.9 Å². The van der Waals surface area contributed by atoms with E-state index in [4.69, 9.17) is 10.5 Å². The van der Waals surface area contributed by atoms with Gasteiger partial charge in [-0.1, -0.05) is 12.1 Å². The van der Waals surface area contributed by atoms with Crippen molar-refractivity contribution in [3.63, 3.8) is 0 Å². The lowest BCUT2D eigenvalue weighted by atomic mass is 9.95. The number of carbonyl (C=O) groups excluding carboxylic acids is 2. The number of nitrogens with one attached hydrogen (secondary N) is 1. The minimum atomic E-state index is -0.578. The molecule has 0 atom stereocenters. The number of ether oxygens (including phenoxy) is 1. The highest BCUT2D eigenvalue weighted by Gasteiger charge is 2.25. The van der Waals surface area contributed by atoms with Gasteiger partial charge in [-0.3, -0.25) is 19.7 Å². The van der Waals surface area contributed by atoms with Gasteiger partial charge in [0.25, 0.3) is 11.8 Å². The molecule has 26 heavy (non-hydrogen) atoms. The predicted molar refractivity (Wildman–Crippen MR) is 96.7 cm³/mol. The lowest BCUT2D eigenvalue weighted by molar-refractivity contribution is -0.385. The molecule has 1 heterocycles. The minimum absolute atomic E-state index is 0.00764. The van der Waals surface area contributed by atoms with Gasteiger partial charge in [0.1, 0.15) is 5.00 Å². The summed E-state index contributed by atoms with van der Waals surface area (Å²) in [6, 6.07) is 5.81. The Balaban J connectivity index is 1.72. The van der Waals surface area contributed by atoms with Crippen LogP contribution in [0.25, 0.3) is 0 Å². The van der Waals surface area contributed by atoms with Gasteiger partial charge in [0.05, 0.1) is 10.5 Å². The third-order valence-electron chi connectivity index (χ3n) is 4.09. The van der Waals surface area contributed by atoms with Crippen molar-refractivity contribution >= 4 is 33.8 Å². The van der Waals surface area contributed by atoms with Gasteiger partial charge >= 0.3 is 5.69 Å².